The Bertz CT molecular complexity index is 914. The molecule has 0 aliphatic carbocycles. The molecule has 2 aliphatic rings. The molecule has 2 aromatic rings. The number of para-hydroxylation sites is 1. The van der Waals surface area contributed by atoms with E-state index in [0.29, 0.717) is 12.1 Å². The van der Waals surface area contributed by atoms with Gasteiger partial charge in [-0.1, -0.05) is 0 Å². The SMILES string of the molecule is [CH3][Sn]1([CH3])[CH2]CC2(C[CH2]1)C(=O)N(Cc1ccc(C(=O)NO)cc1)c1ccccc12. The molecule has 2 amide bonds. The molecular weight excluding hydrogens is 459 g/mol. The van der Waals surface area contributed by atoms with Gasteiger partial charge in [0.05, 0.1) is 0 Å². The molecule has 2 aromatic carbocycles. The van der Waals surface area contributed by atoms with Gasteiger partial charge in [-0.2, -0.15) is 0 Å². The van der Waals surface area contributed by atoms with E-state index in [1.165, 1.54) is 14.4 Å². The van der Waals surface area contributed by atoms with Crippen LogP contribution in [0.3, 0.4) is 0 Å². The number of hydroxylamine groups is 1. The van der Waals surface area contributed by atoms with Gasteiger partial charge >= 0.3 is 165 Å². The van der Waals surface area contributed by atoms with E-state index in [0.717, 1.165) is 24.1 Å². The van der Waals surface area contributed by atoms with Gasteiger partial charge in [-0.15, -0.1) is 0 Å². The second-order valence-corrected chi connectivity index (χ2v) is 24.0. The molecule has 28 heavy (non-hydrogen) atoms. The zero-order valence-corrected chi connectivity index (χ0v) is 19.2. The molecule has 1 saturated heterocycles. The molecule has 146 valence electrons. The predicted octanol–water partition coefficient (Wildman–Crippen LogP) is 4.09. The summed E-state index contributed by atoms with van der Waals surface area (Å²) < 4.78 is 2.52. The summed E-state index contributed by atoms with van der Waals surface area (Å²) in [6.07, 6.45) is 1.97. The number of hydrogen-bond donors (Lipinski definition) is 2. The van der Waals surface area contributed by atoms with Gasteiger partial charge in [-0.3, -0.25) is 5.21 Å². The van der Waals surface area contributed by atoms with Gasteiger partial charge in [0.1, 0.15) is 0 Å². The van der Waals surface area contributed by atoms with E-state index >= 15 is 0 Å². The quantitative estimate of drug-likeness (QED) is 0.391. The van der Waals surface area contributed by atoms with E-state index in [-0.39, 0.29) is 11.3 Å². The van der Waals surface area contributed by atoms with E-state index in [4.69, 9.17) is 5.21 Å². The van der Waals surface area contributed by atoms with Crippen LogP contribution in [0.25, 0.3) is 0 Å². The van der Waals surface area contributed by atoms with Crippen molar-refractivity contribution in [3.8, 4) is 0 Å². The Balaban J connectivity index is 1.64. The van der Waals surface area contributed by atoms with Gasteiger partial charge in [-0.25, -0.2) is 0 Å². The van der Waals surface area contributed by atoms with Gasteiger partial charge in [0.15, 0.2) is 0 Å². The second kappa shape index (κ2) is 7.19. The fourth-order valence-corrected chi connectivity index (χ4v) is 11.6. The fourth-order valence-electron chi connectivity index (χ4n) is 4.60. The van der Waals surface area contributed by atoms with Crippen LogP contribution >= 0.6 is 0 Å². The maximum absolute atomic E-state index is 13.6. The number of benzene rings is 2. The molecule has 2 aliphatic heterocycles. The Kier molecular flexibility index (Phi) is 5.00. The molecule has 6 heteroatoms. The zero-order valence-electron chi connectivity index (χ0n) is 16.4. The number of amides is 2. The second-order valence-electron chi connectivity index (χ2n) is 8.79. The van der Waals surface area contributed by atoms with Gasteiger partial charge in [0.2, 0.25) is 0 Å². The molecule has 0 aromatic heterocycles. The van der Waals surface area contributed by atoms with Crippen LogP contribution in [-0.4, -0.2) is 35.4 Å². The zero-order chi connectivity index (χ0) is 19.9. The molecule has 5 nitrogen and oxygen atoms in total. The van der Waals surface area contributed by atoms with E-state index in [1.807, 2.05) is 29.2 Å². The summed E-state index contributed by atoms with van der Waals surface area (Å²) in [5, 5.41) is 8.76. The van der Waals surface area contributed by atoms with Crippen molar-refractivity contribution >= 4 is 35.9 Å². The van der Waals surface area contributed by atoms with Gasteiger partial charge < -0.3 is 0 Å². The van der Waals surface area contributed by atoms with Gasteiger partial charge in [-0.05, 0) is 0 Å². The Morgan fingerprint density at radius 1 is 1.11 bits per heavy atom. The van der Waals surface area contributed by atoms with Crippen LogP contribution in [0.2, 0.25) is 18.8 Å². The summed E-state index contributed by atoms with van der Waals surface area (Å²) in [5.41, 5.74) is 4.86. The number of nitrogens with zero attached hydrogens (tertiary/aromatic N) is 1. The van der Waals surface area contributed by atoms with Crippen molar-refractivity contribution in [1.82, 2.24) is 5.48 Å². The molecule has 0 atom stereocenters. The van der Waals surface area contributed by atoms with Crippen molar-refractivity contribution in [3.05, 3.63) is 65.2 Å². The van der Waals surface area contributed by atoms with Crippen molar-refractivity contribution in [2.45, 2.75) is 43.6 Å². The molecular formula is C22H26N2O3Sn. The average Bonchev–Trinajstić information content (AvgIpc) is 2.93. The molecule has 1 fully saturated rings. The normalized spacial score (nSPS) is 19.5. The van der Waals surface area contributed by atoms with Gasteiger partial charge in [0.25, 0.3) is 0 Å². The van der Waals surface area contributed by atoms with Crippen LogP contribution in [0.5, 0.6) is 0 Å². The molecule has 2 heterocycles. The Morgan fingerprint density at radius 3 is 2.39 bits per heavy atom. The molecule has 1 spiro atoms. The van der Waals surface area contributed by atoms with Crippen LogP contribution in [0, 0.1) is 0 Å². The van der Waals surface area contributed by atoms with Crippen LogP contribution in [-0.2, 0) is 16.8 Å². The number of anilines is 1. The monoisotopic (exact) mass is 486 g/mol. The third-order valence-electron chi connectivity index (χ3n) is 6.48. The standard InChI is InChI=1S/C20H20N2O3.2CH3.Sn/c1-3-20(4-2)16-7-5-6-8-17(16)22(19(20)24)13-14-9-11-15(12-10-14)18(23)21-25;;;/h5-12,25H,1-4,13H2,(H,21,23);2*1H3;. The third-order valence-corrected chi connectivity index (χ3v) is 15.6. The number of nitrogens with one attached hydrogen (secondary N) is 1. The first-order valence-electron chi connectivity index (χ1n) is 9.81. The van der Waals surface area contributed by atoms with Crippen molar-refractivity contribution in [2.24, 2.45) is 0 Å². The van der Waals surface area contributed by atoms with Crippen LogP contribution in [0.15, 0.2) is 48.5 Å². The summed E-state index contributed by atoms with van der Waals surface area (Å²) >= 11 is -1.93. The Labute approximate surface area is 169 Å². The van der Waals surface area contributed by atoms with Crippen molar-refractivity contribution in [1.29, 1.82) is 0 Å². The Hall–Kier alpha value is -1.86. The minimum absolute atomic E-state index is 0.229. The van der Waals surface area contributed by atoms with Crippen LogP contribution in [0.1, 0.15) is 34.3 Å². The summed E-state index contributed by atoms with van der Waals surface area (Å²) in [4.78, 5) is 32.1. The van der Waals surface area contributed by atoms with E-state index in [9.17, 15) is 9.59 Å². The molecule has 4 rings (SSSR count). The Morgan fingerprint density at radius 2 is 1.75 bits per heavy atom. The number of carbonyl (C=O) groups is 2. The van der Waals surface area contributed by atoms with Crippen molar-refractivity contribution < 1.29 is 14.8 Å². The summed E-state index contributed by atoms with van der Waals surface area (Å²) in [6, 6.07) is 15.2. The topological polar surface area (TPSA) is 69.6 Å². The minimum atomic E-state index is -1.93. The summed E-state index contributed by atoms with van der Waals surface area (Å²) in [6.45, 7) is 0.491. The number of fused-ring (bicyclic) bond motifs is 2. The van der Waals surface area contributed by atoms with Crippen molar-refractivity contribution in [2.75, 3.05) is 4.90 Å². The van der Waals surface area contributed by atoms with E-state index in [1.54, 1.807) is 17.6 Å². The predicted molar refractivity (Wildman–Crippen MR) is 111 cm³/mol. The summed E-state index contributed by atoms with van der Waals surface area (Å²) in [5.74, 6) is -0.308. The number of carbonyl (C=O) groups excluding carboxylic acids is 2. The molecule has 0 radical (unpaired) electrons. The fraction of sp³-hybridized carbons (Fsp3) is 0.364. The molecule has 0 unspecified atom stereocenters. The molecule has 2 N–H and O–H groups in total. The maximum atomic E-state index is 13.6. The van der Waals surface area contributed by atoms with Gasteiger partial charge in [0, 0.05) is 0 Å². The van der Waals surface area contributed by atoms with E-state index in [2.05, 4.69) is 22.0 Å². The summed E-state index contributed by atoms with van der Waals surface area (Å²) in [7, 11) is 0. The first kappa shape index (κ1) is 19.5. The number of hydrogen-bond acceptors (Lipinski definition) is 3. The van der Waals surface area contributed by atoms with Crippen LogP contribution < -0.4 is 10.4 Å². The third kappa shape index (κ3) is 3.24. The number of rotatable bonds is 3. The molecule has 0 bridgehead atoms. The molecule has 0 saturated carbocycles. The average molecular weight is 485 g/mol. The van der Waals surface area contributed by atoms with E-state index < -0.39 is 24.3 Å². The van der Waals surface area contributed by atoms with Crippen molar-refractivity contribution in [3.63, 3.8) is 0 Å². The van der Waals surface area contributed by atoms with Crippen LogP contribution in [0.4, 0.5) is 5.69 Å². The first-order chi connectivity index (χ1) is 13.4. The first-order valence-corrected chi connectivity index (χ1v) is 19.6.